The number of piperidine rings is 1. The molecule has 0 saturated carbocycles. The first-order valence-electron chi connectivity index (χ1n) is 7.08. The van der Waals surface area contributed by atoms with Crippen molar-refractivity contribution in [3.63, 3.8) is 0 Å². The zero-order valence-corrected chi connectivity index (χ0v) is 12.2. The molecular weight excluding hydrogens is 220 g/mol. The van der Waals surface area contributed by atoms with Crippen molar-refractivity contribution in [2.45, 2.75) is 33.6 Å². The Balaban J connectivity index is 2.08. The second-order valence-electron chi connectivity index (χ2n) is 5.74. The Hall–Kier alpha value is -1.02. The molecule has 1 heterocycles. The third kappa shape index (κ3) is 2.86. The summed E-state index contributed by atoms with van der Waals surface area (Å²) in [6.07, 6.45) is 2.69. The van der Waals surface area contributed by atoms with Crippen LogP contribution in [0.5, 0.6) is 0 Å². The number of aryl methyl sites for hydroxylation is 1. The summed E-state index contributed by atoms with van der Waals surface area (Å²) in [6, 6.07) is 4.52. The van der Waals surface area contributed by atoms with Crippen LogP contribution in [0.3, 0.4) is 0 Å². The van der Waals surface area contributed by atoms with Crippen molar-refractivity contribution < 1.29 is 0 Å². The van der Waals surface area contributed by atoms with Crippen molar-refractivity contribution in [2.75, 3.05) is 31.6 Å². The van der Waals surface area contributed by atoms with Crippen LogP contribution in [0.1, 0.15) is 29.5 Å². The summed E-state index contributed by atoms with van der Waals surface area (Å²) in [5.74, 6) is 0.796. The molecule has 100 valence electrons. The molecule has 2 nitrogen and oxygen atoms in total. The average Bonchev–Trinajstić information content (AvgIpc) is 2.37. The number of anilines is 1. The number of hydrogen-bond donors (Lipinski definition) is 1. The molecule has 0 aromatic heterocycles. The molecule has 0 aliphatic carbocycles. The van der Waals surface area contributed by atoms with Crippen LogP contribution in [0.4, 0.5) is 5.69 Å². The van der Waals surface area contributed by atoms with Gasteiger partial charge in [-0.2, -0.15) is 0 Å². The maximum absolute atomic E-state index is 3.50. The molecule has 0 amide bonds. The van der Waals surface area contributed by atoms with Gasteiger partial charge < -0.3 is 10.2 Å². The topological polar surface area (TPSA) is 15.3 Å². The van der Waals surface area contributed by atoms with Gasteiger partial charge in [-0.1, -0.05) is 6.07 Å². The highest BCUT2D eigenvalue weighted by Crippen LogP contribution is 2.25. The molecule has 0 radical (unpaired) electrons. The van der Waals surface area contributed by atoms with E-state index in [1.807, 2.05) is 0 Å². The Bertz CT molecular complexity index is 406. The van der Waals surface area contributed by atoms with Crippen LogP contribution in [-0.2, 0) is 0 Å². The van der Waals surface area contributed by atoms with E-state index in [1.165, 1.54) is 48.3 Å². The third-order valence-corrected chi connectivity index (χ3v) is 4.37. The highest BCUT2D eigenvalue weighted by molar-refractivity contribution is 5.57. The van der Waals surface area contributed by atoms with E-state index >= 15 is 0 Å². The van der Waals surface area contributed by atoms with Crippen molar-refractivity contribution in [3.05, 3.63) is 28.8 Å². The van der Waals surface area contributed by atoms with Gasteiger partial charge in [0.05, 0.1) is 0 Å². The fraction of sp³-hybridized carbons (Fsp3) is 0.625. The van der Waals surface area contributed by atoms with Crippen LogP contribution in [0, 0.1) is 26.7 Å². The van der Waals surface area contributed by atoms with E-state index in [4.69, 9.17) is 0 Å². The lowest BCUT2D eigenvalue weighted by atomic mass is 9.97. The summed E-state index contributed by atoms with van der Waals surface area (Å²) in [5, 5.41) is 3.50. The largest absolute Gasteiger partial charge is 0.374 e. The van der Waals surface area contributed by atoms with Crippen molar-refractivity contribution in [1.29, 1.82) is 0 Å². The van der Waals surface area contributed by atoms with Crippen molar-refractivity contribution in [1.82, 2.24) is 5.32 Å². The van der Waals surface area contributed by atoms with Crippen molar-refractivity contribution in [2.24, 2.45) is 5.92 Å². The Morgan fingerprint density at radius 1 is 1.22 bits per heavy atom. The molecule has 2 rings (SSSR count). The Kier molecular flexibility index (Phi) is 4.28. The smallest absolute Gasteiger partial charge is 0.0396 e. The van der Waals surface area contributed by atoms with E-state index in [1.54, 1.807) is 0 Å². The van der Waals surface area contributed by atoms with Gasteiger partial charge in [-0.15, -0.1) is 0 Å². The van der Waals surface area contributed by atoms with Crippen molar-refractivity contribution in [3.8, 4) is 0 Å². The summed E-state index contributed by atoms with van der Waals surface area (Å²) in [5.41, 5.74) is 5.65. The quantitative estimate of drug-likeness (QED) is 0.882. The molecule has 1 N–H and O–H groups in total. The van der Waals surface area contributed by atoms with E-state index in [-0.39, 0.29) is 0 Å². The van der Waals surface area contributed by atoms with Gasteiger partial charge in [-0.25, -0.2) is 0 Å². The molecule has 2 heteroatoms. The van der Waals surface area contributed by atoms with E-state index in [9.17, 15) is 0 Å². The highest BCUT2D eigenvalue weighted by atomic mass is 15.1. The number of benzene rings is 1. The Morgan fingerprint density at radius 3 is 2.67 bits per heavy atom. The van der Waals surface area contributed by atoms with Crippen molar-refractivity contribution >= 4 is 5.69 Å². The molecule has 1 aliphatic rings. The van der Waals surface area contributed by atoms with E-state index < -0.39 is 0 Å². The summed E-state index contributed by atoms with van der Waals surface area (Å²) in [7, 11) is 2.23. The predicted molar refractivity (Wildman–Crippen MR) is 79.5 cm³/mol. The maximum atomic E-state index is 3.50. The SMILES string of the molecule is Cc1ccc(N(C)CC2CCCNC2)c(C)c1C. The standard InChI is InChI=1S/C16H26N2/c1-12-7-8-16(14(3)13(12)2)18(4)11-15-6-5-9-17-10-15/h7-8,15,17H,5-6,9-11H2,1-4H3. The Morgan fingerprint density at radius 2 is 2.00 bits per heavy atom. The molecule has 18 heavy (non-hydrogen) atoms. The minimum atomic E-state index is 0.796. The highest BCUT2D eigenvalue weighted by Gasteiger charge is 2.16. The normalized spacial score (nSPS) is 19.9. The van der Waals surface area contributed by atoms with Crippen LogP contribution in [0.15, 0.2) is 12.1 Å². The minimum Gasteiger partial charge on any atom is -0.374 e. The monoisotopic (exact) mass is 246 g/mol. The van der Waals surface area contributed by atoms with Gasteiger partial charge in [0.1, 0.15) is 0 Å². The lowest BCUT2D eigenvalue weighted by Crippen LogP contribution is -2.37. The first-order chi connectivity index (χ1) is 8.59. The van der Waals surface area contributed by atoms with E-state index in [0.717, 1.165) is 12.5 Å². The number of nitrogens with one attached hydrogen (secondary N) is 1. The van der Waals surface area contributed by atoms with E-state index in [2.05, 4.69) is 50.2 Å². The molecule has 1 aliphatic heterocycles. The lowest BCUT2D eigenvalue weighted by molar-refractivity contribution is 0.381. The number of nitrogens with zero attached hydrogens (tertiary/aromatic N) is 1. The first kappa shape index (κ1) is 13.4. The van der Waals surface area contributed by atoms with Gasteiger partial charge in [0.15, 0.2) is 0 Å². The van der Waals surface area contributed by atoms with Crippen LogP contribution in [0.25, 0.3) is 0 Å². The van der Waals surface area contributed by atoms with Crippen LogP contribution in [0.2, 0.25) is 0 Å². The average molecular weight is 246 g/mol. The van der Waals surface area contributed by atoms with Gasteiger partial charge in [0.2, 0.25) is 0 Å². The van der Waals surface area contributed by atoms with Gasteiger partial charge in [-0.3, -0.25) is 0 Å². The summed E-state index contributed by atoms with van der Waals surface area (Å²) >= 11 is 0. The fourth-order valence-corrected chi connectivity index (χ4v) is 2.92. The lowest BCUT2D eigenvalue weighted by Gasteiger charge is -2.30. The molecule has 1 fully saturated rings. The van der Waals surface area contributed by atoms with Gasteiger partial charge in [0, 0.05) is 19.3 Å². The van der Waals surface area contributed by atoms with Gasteiger partial charge >= 0.3 is 0 Å². The number of rotatable bonds is 3. The molecule has 1 aromatic rings. The van der Waals surface area contributed by atoms with Crippen LogP contribution in [-0.4, -0.2) is 26.7 Å². The molecule has 1 unspecified atom stereocenters. The molecule has 0 spiro atoms. The third-order valence-electron chi connectivity index (χ3n) is 4.37. The molecule has 1 saturated heterocycles. The van der Waals surface area contributed by atoms with Crippen LogP contribution < -0.4 is 10.2 Å². The molecule has 0 bridgehead atoms. The summed E-state index contributed by atoms with van der Waals surface area (Å²) in [6.45, 7) is 10.2. The second kappa shape index (κ2) is 5.75. The second-order valence-corrected chi connectivity index (χ2v) is 5.74. The minimum absolute atomic E-state index is 0.796. The Labute approximate surface area is 111 Å². The zero-order chi connectivity index (χ0) is 13.1. The van der Waals surface area contributed by atoms with Crippen LogP contribution >= 0.6 is 0 Å². The van der Waals surface area contributed by atoms with E-state index in [0.29, 0.717) is 0 Å². The summed E-state index contributed by atoms with van der Waals surface area (Å²) < 4.78 is 0. The molecular formula is C16H26N2. The number of hydrogen-bond acceptors (Lipinski definition) is 2. The maximum Gasteiger partial charge on any atom is 0.0396 e. The van der Waals surface area contributed by atoms with Gasteiger partial charge in [-0.05, 0) is 75.4 Å². The predicted octanol–water partition coefficient (Wildman–Crippen LogP) is 3.05. The van der Waals surface area contributed by atoms with Gasteiger partial charge in [0.25, 0.3) is 0 Å². The zero-order valence-electron chi connectivity index (χ0n) is 12.2. The first-order valence-corrected chi connectivity index (χ1v) is 7.08. The fourth-order valence-electron chi connectivity index (χ4n) is 2.92. The molecule has 1 aromatic carbocycles. The molecule has 1 atom stereocenters. The summed E-state index contributed by atoms with van der Waals surface area (Å²) in [4.78, 5) is 2.43.